The van der Waals surface area contributed by atoms with Crippen molar-refractivity contribution in [1.82, 2.24) is 10.2 Å². The molecule has 0 saturated heterocycles. The lowest BCUT2D eigenvalue weighted by Gasteiger charge is -1.95. The summed E-state index contributed by atoms with van der Waals surface area (Å²) in [6.45, 7) is 2.05. The molecule has 0 radical (unpaired) electrons. The van der Waals surface area contributed by atoms with E-state index < -0.39 is 0 Å². The molecule has 104 valence electrons. The summed E-state index contributed by atoms with van der Waals surface area (Å²) < 4.78 is 1.87. The van der Waals surface area contributed by atoms with Crippen molar-refractivity contribution in [2.75, 3.05) is 11.1 Å². The lowest BCUT2D eigenvalue weighted by molar-refractivity contribution is -0.111. The van der Waals surface area contributed by atoms with Gasteiger partial charge in [0.25, 0.3) is 0 Å². The van der Waals surface area contributed by atoms with Crippen molar-refractivity contribution in [1.29, 1.82) is 0 Å². The molecule has 0 saturated carbocycles. The van der Waals surface area contributed by atoms with Crippen LogP contribution in [-0.2, 0) is 4.79 Å². The zero-order valence-corrected chi connectivity index (χ0v) is 13.9. The van der Waals surface area contributed by atoms with E-state index in [0.29, 0.717) is 5.13 Å². The standard InChI is InChI=1S/C13H12BrN3OS2/c1-2-19-13-17-16-12(20-13)15-11(18)8-5-9-3-6-10(14)7-4-9/h3-8H,2H2,1H3,(H,15,16,18)/b8-5-. The molecule has 1 aromatic heterocycles. The third-order valence-corrected chi connectivity index (χ3v) is 4.58. The average molecular weight is 370 g/mol. The molecule has 7 heteroatoms. The number of carbonyl (C=O) groups excluding carboxylic acids is 1. The number of halogens is 1. The molecular weight excluding hydrogens is 358 g/mol. The summed E-state index contributed by atoms with van der Waals surface area (Å²) in [4.78, 5) is 11.7. The van der Waals surface area contributed by atoms with Crippen molar-refractivity contribution >= 4 is 56.1 Å². The Kier molecular flexibility index (Phi) is 5.75. The third-order valence-electron chi connectivity index (χ3n) is 2.20. The van der Waals surface area contributed by atoms with Crippen LogP contribution in [0.2, 0.25) is 0 Å². The van der Waals surface area contributed by atoms with Crippen LogP contribution in [0.1, 0.15) is 12.5 Å². The second kappa shape index (κ2) is 7.56. The molecule has 1 N–H and O–H groups in total. The van der Waals surface area contributed by atoms with Crippen LogP contribution in [0.4, 0.5) is 5.13 Å². The molecule has 2 aromatic rings. The van der Waals surface area contributed by atoms with E-state index >= 15 is 0 Å². The highest BCUT2D eigenvalue weighted by Crippen LogP contribution is 2.24. The second-order valence-electron chi connectivity index (χ2n) is 3.68. The van der Waals surface area contributed by atoms with E-state index in [1.807, 2.05) is 31.2 Å². The van der Waals surface area contributed by atoms with E-state index in [-0.39, 0.29) is 5.91 Å². The first-order valence-electron chi connectivity index (χ1n) is 5.88. The minimum absolute atomic E-state index is 0.211. The van der Waals surface area contributed by atoms with Gasteiger partial charge in [-0.15, -0.1) is 10.2 Å². The smallest absolute Gasteiger partial charge is 0.250 e. The van der Waals surface area contributed by atoms with Crippen LogP contribution in [0, 0.1) is 0 Å². The molecule has 20 heavy (non-hydrogen) atoms. The fourth-order valence-electron chi connectivity index (χ4n) is 1.33. The zero-order chi connectivity index (χ0) is 14.4. The maximum atomic E-state index is 11.7. The van der Waals surface area contributed by atoms with Crippen LogP contribution in [0.25, 0.3) is 6.08 Å². The zero-order valence-electron chi connectivity index (χ0n) is 10.7. The Morgan fingerprint density at radius 3 is 2.85 bits per heavy atom. The molecule has 0 unspecified atom stereocenters. The number of carbonyl (C=O) groups is 1. The number of amides is 1. The van der Waals surface area contributed by atoms with Crippen molar-refractivity contribution < 1.29 is 4.79 Å². The molecular formula is C13H12BrN3OS2. The molecule has 0 fully saturated rings. The van der Waals surface area contributed by atoms with Gasteiger partial charge in [-0.25, -0.2) is 0 Å². The second-order valence-corrected chi connectivity index (χ2v) is 7.08. The van der Waals surface area contributed by atoms with Crippen molar-refractivity contribution in [3.05, 3.63) is 40.4 Å². The van der Waals surface area contributed by atoms with Crippen LogP contribution < -0.4 is 5.32 Å². The van der Waals surface area contributed by atoms with Crippen molar-refractivity contribution in [2.24, 2.45) is 0 Å². The summed E-state index contributed by atoms with van der Waals surface area (Å²) in [5.41, 5.74) is 0.961. The first-order chi connectivity index (χ1) is 9.67. The summed E-state index contributed by atoms with van der Waals surface area (Å²) >= 11 is 6.35. The minimum Gasteiger partial charge on any atom is -0.297 e. The van der Waals surface area contributed by atoms with Crippen LogP contribution in [0.5, 0.6) is 0 Å². The van der Waals surface area contributed by atoms with Crippen LogP contribution >= 0.6 is 39.0 Å². The van der Waals surface area contributed by atoms with E-state index in [0.717, 1.165) is 20.1 Å². The number of thioether (sulfide) groups is 1. The first kappa shape index (κ1) is 15.2. The fraction of sp³-hybridized carbons (Fsp3) is 0.154. The third kappa shape index (κ3) is 4.73. The van der Waals surface area contributed by atoms with Gasteiger partial charge < -0.3 is 0 Å². The number of aromatic nitrogens is 2. The molecule has 0 bridgehead atoms. The lowest BCUT2D eigenvalue weighted by Crippen LogP contribution is -2.07. The Morgan fingerprint density at radius 2 is 2.15 bits per heavy atom. The van der Waals surface area contributed by atoms with Gasteiger partial charge in [-0.1, -0.05) is 58.1 Å². The molecule has 0 aliphatic carbocycles. The number of nitrogens with one attached hydrogen (secondary N) is 1. The predicted molar refractivity (Wildman–Crippen MR) is 88.1 cm³/mol. The summed E-state index contributed by atoms with van der Waals surface area (Å²) in [6, 6.07) is 7.71. The maximum absolute atomic E-state index is 11.7. The van der Waals surface area contributed by atoms with E-state index in [1.54, 1.807) is 17.8 Å². The van der Waals surface area contributed by atoms with Gasteiger partial charge in [-0.2, -0.15) is 0 Å². The van der Waals surface area contributed by atoms with Crippen molar-refractivity contribution in [3.63, 3.8) is 0 Å². The van der Waals surface area contributed by atoms with E-state index in [2.05, 4.69) is 31.4 Å². The Bertz CT molecular complexity index is 610. The Labute approximate surface area is 133 Å². The molecule has 0 spiro atoms. The number of rotatable bonds is 5. The average Bonchev–Trinajstić information content (AvgIpc) is 2.86. The fourth-order valence-corrected chi connectivity index (χ4v) is 3.25. The van der Waals surface area contributed by atoms with Gasteiger partial charge in [-0.3, -0.25) is 10.1 Å². The predicted octanol–water partition coefficient (Wildman–Crippen LogP) is 4.06. The summed E-state index contributed by atoms with van der Waals surface area (Å²) in [6.07, 6.45) is 3.24. The SMILES string of the molecule is CCSc1nnc(NC(=O)/C=C\c2ccc(Br)cc2)s1. The lowest BCUT2D eigenvalue weighted by atomic mass is 10.2. The monoisotopic (exact) mass is 369 g/mol. The van der Waals surface area contributed by atoms with Gasteiger partial charge >= 0.3 is 0 Å². The molecule has 1 amide bonds. The van der Waals surface area contributed by atoms with Crippen LogP contribution in [0.15, 0.2) is 39.2 Å². The summed E-state index contributed by atoms with van der Waals surface area (Å²) in [5, 5.41) is 11.1. The number of anilines is 1. The summed E-state index contributed by atoms with van der Waals surface area (Å²) in [7, 11) is 0. The first-order valence-corrected chi connectivity index (χ1v) is 8.48. The van der Waals surface area contributed by atoms with Crippen LogP contribution in [-0.4, -0.2) is 21.9 Å². The van der Waals surface area contributed by atoms with Crippen molar-refractivity contribution in [3.8, 4) is 0 Å². The van der Waals surface area contributed by atoms with E-state index in [4.69, 9.17) is 0 Å². The topological polar surface area (TPSA) is 54.9 Å². The molecule has 0 aliphatic heterocycles. The van der Waals surface area contributed by atoms with Crippen LogP contribution in [0.3, 0.4) is 0 Å². The van der Waals surface area contributed by atoms with E-state index in [9.17, 15) is 4.79 Å². The van der Waals surface area contributed by atoms with Gasteiger partial charge in [0.1, 0.15) is 0 Å². The van der Waals surface area contributed by atoms with Gasteiger partial charge in [0.05, 0.1) is 0 Å². The highest BCUT2D eigenvalue weighted by atomic mass is 79.9. The molecule has 1 heterocycles. The van der Waals surface area contributed by atoms with Gasteiger partial charge in [0.2, 0.25) is 11.0 Å². The molecule has 4 nitrogen and oxygen atoms in total. The largest absolute Gasteiger partial charge is 0.297 e. The quantitative estimate of drug-likeness (QED) is 0.490. The van der Waals surface area contributed by atoms with Gasteiger partial charge in [0.15, 0.2) is 4.34 Å². The Morgan fingerprint density at radius 1 is 1.40 bits per heavy atom. The molecule has 0 atom stereocenters. The van der Waals surface area contributed by atoms with E-state index in [1.165, 1.54) is 17.4 Å². The maximum Gasteiger partial charge on any atom is 0.250 e. The highest BCUT2D eigenvalue weighted by Gasteiger charge is 2.05. The summed E-state index contributed by atoms with van der Waals surface area (Å²) in [5.74, 6) is 0.726. The molecule has 0 aliphatic rings. The Balaban J connectivity index is 1.92. The van der Waals surface area contributed by atoms with Crippen molar-refractivity contribution in [2.45, 2.75) is 11.3 Å². The Hall–Kier alpha value is -1.18. The number of nitrogens with zero attached hydrogens (tertiary/aromatic N) is 2. The number of benzene rings is 1. The minimum atomic E-state index is -0.211. The number of hydrogen-bond acceptors (Lipinski definition) is 5. The molecule has 2 rings (SSSR count). The van der Waals surface area contributed by atoms with Gasteiger partial charge in [-0.05, 0) is 29.5 Å². The normalized spacial score (nSPS) is 10.9. The number of hydrogen-bond donors (Lipinski definition) is 1. The highest BCUT2D eigenvalue weighted by molar-refractivity contribution is 9.10. The van der Waals surface area contributed by atoms with Gasteiger partial charge in [0, 0.05) is 10.5 Å². The molecule has 1 aromatic carbocycles.